The Balaban J connectivity index is 2.01. The van der Waals surface area contributed by atoms with E-state index < -0.39 is 0 Å². The molecular weight excluding hydrogens is 351 g/mol. The van der Waals surface area contributed by atoms with Gasteiger partial charge in [-0.1, -0.05) is 27.5 Å². The summed E-state index contributed by atoms with van der Waals surface area (Å²) in [6.07, 6.45) is 0. The predicted octanol–water partition coefficient (Wildman–Crippen LogP) is 3.10. The SMILES string of the molecule is O=C(c1cc(Cl)cc(Br)c1)N1CCN(CCCl)CC1. The van der Waals surface area contributed by atoms with E-state index >= 15 is 0 Å². The summed E-state index contributed by atoms with van der Waals surface area (Å²) in [4.78, 5) is 16.5. The molecule has 1 heterocycles. The van der Waals surface area contributed by atoms with Crippen molar-refractivity contribution in [1.29, 1.82) is 0 Å². The van der Waals surface area contributed by atoms with E-state index in [1.54, 1.807) is 18.2 Å². The number of carbonyl (C=O) groups is 1. The molecule has 0 unspecified atom stereocenters. The number of nitrogens with zero attached hydrogens (tertiary/aromatic N) is 2. The van der Waals surface area contributed by atoms with Crippen LogP contribution in [0.5, 0.6) is 0 Å². The highest BCUT2D eigenvalue weighted by Gasteiger charge is 2.22. The standard InChI is InChI=1S/C13H15BrCl2N2O/c14-11-7-10(8-12(16)9-11)13(19)18-5-3-17(2-1-15)4-6-18/h7-9H,1-6H2. The second kappa shape index (κ2) is 6.93. The van der Waals surface area contributed by atoms with Gasteiger partial charge < -0.3 is 4.90 Å². The second-order valence-electron chi connectivity index (χ2n) is 4.48. The molecule has 104 valence electrons. The number of amides is 1. The third-order valence-electron chi connectivity index (χ3n) is 3.17. The quantitative estimate of drug-likeness (QED) is 0.768. The molecule has 0 aliphatic carbocycles. The molecule has 0 spiro atoms. The molecular formula is C13H15BrCl2N2O. The van der Waals surface area contributed by atoms with Crippen LogP contribution in [0.3, 0.4) is 0 Å². The van der Waals surface area contributed by atoms with Gasteiger partial charge >= 0.3 is 0 Å². The Bertz CT molecular complexity index is 442. The molecule has 1 amide bonds. The molecule has 1 aromatic rings. The average Bonchev–Trinajstić information content (AvgIpc) is 2.38. The minimum atomic E-state index is 0.0359. The van der Waals surface area contributed by atoms with Crippen molar-refractivity contribution in [2.45, 2.75) is 0 Å². The normalized spacial score (nSPS) is 16.7. The zero-order valence-corrected chi connectivity index (χ0v) is 13.5. The van der Waals surface area contributed by atoms with Crippen LogP contribution in [0.1, 0.15) is 10.4 Å². The molecule has 1 aromatic carbocycles. The lowest BCUT2D eigenvalue weighted by Gasteiger charge is -2.34. The first kappa shape index (κ1) is 15.1. The molecule has 0 atom stereocenters. The molecule has 0 saturated carbocycles. The van der Waals surface area contributed by atoms with E-state index in [0.29, 0.717) is 16.5 Å². The van der Waals surface area contributed by atoms with Crippen LogP contribution in [0.4, 0.5) is 0 Å². The first-order valence-corrected chi connectivity index (χ1v) is 7.84. The summed E-state index contributed by atoms with van der Waals surface area (Å²) in [5, 5.41) is 0.568. The lowest BCUT2D eigenvalue weighted by Crippen LogP contribution is -2.49. The number of benzene rings is 1. The van der Waals surface area contributed by atoms with Gasteiger partial charge in [-0.25, -0.2) is 0 Å². The third kappa shape index (κ3) is 4.09. The molecule has 2 rings (SSSR count). The lowest BCUT2D eigenvalue weighted by atomic mass is 10.2. The van der Waals surface area contributed by atoms with Crippen LogP contribution in [0.2, 0.25) is 5.02 Å². The van der Waals surface area contributed by atoms with Crippen LogP contribution >= 0.6 is 39.1 Å². The maximum Gasteiger partial charge on any atom is 0.254 e. The Morgan fingerprint density at radius 2 is 1.89 bits per heavy atom. The third-order valence-corrected chi connectivity index (χ3v) is 4.01. The number of alkyl halides is 1. The minimum absolute atomic E-state index is 0.0359. The Morgan fingerprint density at radius 3 is 2.47 bits per heavy atom. The van der Waals surface area contributed by atoms with E-state index in [1.807, 2.05) is 4.90 Å². The maximum atomic E-state index is 12.4. The molecule has 6 heteroatoms. The molecule has 3 nitrogen and oxygen atoms in total. The Morgan fingerprint density at radius 1 is 1.21 bits per heavy atom. The van der Waals surface area contributed by atoms with Gasteiger partial charge in [0.15, 0.2) is 0 Å². The highest BCUT2D eigenvalue weighted by Crippen LogP contribution is 2.21. The van der Waals surface area contributed by atoms with Crippen LogP contribution < -0.4 is 0 Å². The maximum absolute atomic E-state index is 12.4. The minimum Gasteiger partial charge on any atom is -0.336 e. The molecule has 1 aliphatic rings. The van der Waals surface area contributed by atoms with E-state index in [0.717, 1.165) is 37.2 Å². The summed E-state index contributed by atoms with van der Waals surface area (Å²) < 4.78 is 0.823. The van der Waals surface area contributed by atoms with Crippen molar-refractivity contribution >= 4 is 45.0 Å². The van der Waals surface area contributed by atoms with E-state index in [9.17, 15) is 4.79 Å². The van der Waals surface area contributed by atoms with Gasteiger partial charge in [0, 0.05) is 53.7 Å². The number of hydrogen-bond acceptors (Lipinski definition) is 2. The summed E-state index contributed by atoms with van der Waals surface area (Å²) in [6.45, 7) is 4.10. The van der Waals surface area contributed by atoms with Crippen molar-refractivity contribution in [1.82, 2.24) is 9.80 Å². The van der Waals surface area contributed by atoms with Gasteiger partial charge in [0.2, 0.25) is 0 Å². The fourth-order valence-electron chi connectivity index (χ4n) is 2.15. The summed E-state index contributed by atoms with van der Waals surface area (Å²) in [7, 11) is 0. The average molecular weight is 366 g/mol. The van der Waals surface area contributed by atoms with Crippen LogP contribution in [0, 0.1) is 0 Å². The summed E-state index contributed by atoms with van der Waals surface area (Å²) >= 11 is 15.1. The second-order valence-corrected chi connectivity index (χ2v) is 6.21. The Hall–Kier alpha value is -0.290. The Labute approximate surface area is 131 Å². The topological polar surface area (TPSA) is 23.6 Å². The van der Waals surface area contributed by atoms with Crippen molar-refractivity contribution in [2.24, 2.45) is 0 Å². The molecule has 0 bridgehead atoms. The fraction of sp³-hybridized carbons (Fsp3) is 0.462. The van der Waals surface area contributed by atoms with Crippen molar-refractivity contribution < 1.29 is 4.79 Å². The first-order chi connectivity index (χ1) is 9.10. The Kier molecular flexibility index (Phi) is 5.51. The predicted molar refractivity (Wildman–Crippen MR) is 82.2 cm³/mol. The van der Waals surface area contributed by atoms with Gasteiger partial charge in [-0.05, 0) is 18.2 Å². The van der Waals surface area contributed by atoms with Crippen LogP contribution in [-0.4, -0.2) is 54.3 Å². The molecule has 19 heavy (non-hydrogen) atoms. The monoisotopic (exact) mass is 364 g/mol. The van der Waals surface area contributed by atoms with E-state index in [2.05, 4.69) is 20.8 Å². The molecule has 1 saturated heterocycles. The first-order valence-electron chi connectivity index (χ1n) is 6.14. The van der Waals surface area contributed by atoms with Crippen molar-refractivity contribution in [3.05, 3.63) is 33.3 Å². The zero-order chi connectivity index (χ0) is 13.8. The molecule has 0 N–H and O–H groups in total. The number of piperazine rings is 1. The summed E-state index contributed by atoms with van der Waals surface area (Å²) in [5.41, 5.74) is 0.630. The highest BCUT2D eigenvalue weighted by atomic mass is 79.9. The van der Waals surface area contributed by atoms with Crippen LogP contribution in [0.25, 0.3) is 0 Å². The number of halogens is 3. The van der Waals surface area contributed by atoms with Gasteiger partial charge in [0.25, 0.3) is 5.91 Å². The van der Waals surface area contributed by atoms with Gasteiger partial charge in [-0.2, -0.15) is 0 Å². The highest BCUT2D eigenvalue weighted by molar-refractivity contribution is 9.10. The molecule has 0 aromatic heterocycles. The van der Waals surface area contributed by atoms with Gasteiger partial charge in [-0.3, -0.25) is 9.69 Å². The number of hydrogen-bond donors (Lipinski definition) is 0. The van der Waals surface area contributed by atoms with Crippen LogP contribution in [0.15, 0.2) is 22.7 Å². The molecule has 1 aliphatic heterocycles. The summed E-state index contributed by atoms with van der Waals surface area (Å²) in [5.74, 6) is 0.670. The zero-order valence-electron chi connectivity index (χ0n) is 10.4. The summed E-state index contributed by atoms with van der Waals surface area (Å²) in [6, 6.07) is 5.29. The number of rotatable bonds is 3. The van der Waals surface area contributed by atoms with Gasteiger partial charge in [0.05, 0.1) is 0 Å². The smallest absolute Gasteiger partial charge is 0.254 e. The van der Waals surface area contributed by atoms with Crippen molar-refractivity contribution in [3.63, 3.8) is 0 Å². The lowest BCUT2D eigenvalue weighted by molar-refractivity contribution is 0.0644. The molecule has 0 radical (unpaired) electrons. The van der Waals surface area contributed by atoms with E-state index in [-0.39, 0.29) is 5.91 Å². The van der Waals surface area contributed by atoms with Gasteiger partial charge in [-0.15, -0.1) is 11.6 Å². The van der Waals surface area contributed by atoms with Crippen LogP contribution in [-0.2, 0) is 0 Å². The van der Waals surface area contributed by atoms with E-state index in [1.165, 1.54) is 0 Å². The fourth-order valence-corrected chi connectivity index (χ4v) is 3.25. The molecule has 1 fully saturated rings. The van der Waals surface area contributed by atoms with Crippen molar-refractivity contribution in [3.8, 4) is 0 Å². The van der Waals surface area contributed by atoms with Crippen molar-refractivity contribution in [2.75, 3.05) is 38.6 Å². The van der Waals surface area contributed by atoms with Gasteiger partial charge in [0.1, 0.15) is 0 Å². The largest absolute Gasteiger partial charge is 0.336 e. The number of carbonyl (C=O) groups excluding carboxylic acids is 1. The van der Waals surface area contributed by atoms with E-state index in [4.69, 9.17) is 23.2 Å².